The summed E-state index contributed by atoms with van der Waals surface area (Å²) in [6.45, 7) is 1.49. The maximum absolute atomic E-state index is 11.2. The molecule has 3 aromatic carbocycles. The van der Waals surface area contributed by atoms with Crippen LogP contribution in [-0.2, 0) is 4.79 Å². The zero-order chi connectivity index (χ0) is 24.0. The number of benzene rings is 3. The highest BCUT2D eigenvalue weighted by molar-refractivity contribution is 6.50. The minimum absolute atomic E-state index is 0.0986. The van der Waals surface area contributed by atoms with Gasteiger partial charge in [-0.1, -0.05) is 41.9 Å². The van der Waals surface area contributed by atoms with E-state index in [1.54, 1.807) is 0 Å². The molecule has 0 aliphatic rings. The third-order valence-corrected chi connectivity index (χ3v) is 4.50. The molecular formula is C23H18BClF4N2O2. The van der Waals surface area contributed by atoms with E-state index in [1.807, 2.05) is 78.9 Å². The van der Waals surface area contributed by atoms with E-state index in [0.29, 0.717) is 5.02 Å². The van der Waals surface area contributed by atoms with Crippen molar-refractivity contribution in [1.82, 2.24) is 0 Å². The molecule has 0 radical (unpaired) electrons. The number of nitrogens with one attached hydrogen (secondary N) is 2. The Morgan fingerprint density at radius 1 is 0.939 bits per heavy atom. The second-order valence-electron chi connectivity index (χ2n) is 6.91. The number of rotatable bonds is 3. The predicted octanol–water partition coefficient (Wildman–Crippen LogP) is 5.32. The van der Waals surface area contributed by atoms with E-state index in [4.69, 9.17) is 16.0 Å². The van der Waals surface area contributed by atoms with Gasteiger partial charge in [0, 0.05) is 35.3 Å². The molecule has 0 aliphatic heterocycles. The fraction of sp³-hybridized carbons (Fsp3) is 0.0435. The Balaban J connectivity index is 0.000000555. The molecule has 4 aromatic rings. The van der Waals surface area contributed by atoms with Gasteiger partial charge in [0.05, 0.1) is 11.5 Å². The first-order chi connectivity index (χ1) is 15.6. The smallest absolute Gasteiger partial charge is 0.456 e. The van der Waals surface area contributed by atoms with Gasteiger partial charge in [-0.15, -0.1) is 0 Å². The van der Waals surface area contributed by atoms with Crippen molar-refractivity contribution >= 4 is 47.1 Å². The van der Waals surface area contributed by atoms with Gasteiger partial charge in [-0.2, -0.15) is 0 Å². The van der Waals surface area contributed by atoms with Crippen LogP contribution in [0.5, 0.6) is 0 Å². The molecule has 0 saturated carbocycles. The second-order valence-corrected chi connectivity index (χ2v) is 7.35. The molecular weight excluding hydrogens is 459 g/mol. The van der Waals surface area contributed by atoms with Crippen LogP contribution < -0.4 is 15.7 Å². The van der Waals surface area contributed by atoms with E-state index in [-0.39, 0.29) is 5.91 Å². The molecule has 2 N–H and O–H groups in total. The molecule has 0 unspecified atom stereocenters. The summed E-state index contributed by atoms with van der Waals surface area (Å²) in [5.41, 5.74) is 3.37. The predicted molar refractivity (Wildman–Crippen MR) is 121 cm³/mol. The van der Waals surface area contributed by atoms with Crippen molar-refractivity contribution in [3.63, 3.8) is 0 Å². The Hall–Kier alpha value is -3.59. The molecule has 0 aliphatic carbocycles. The van der Waals surface area contributed by atoms with Crippen molar-refractivity contribution in [2.24, 2.45) is 0 Å². The molecule has 0 spiro atoms. The molecule has 10 heteroatoms. The van der Waals surface area contributed by atoms with Crippen molar-refractivity contribution in [2.75, 3.05) is 5.32 Å². The van der Waals surface area contributed by atoms with Crippen LogP contribution in [0.4, 0.5) is 28.6 Å². The van der Waals surface area contributed by atoms with E-state index in [1.165, 1.54) is 6.92 Å². The summed E-state index contributed by atoms with van der Waals surface area (Å²) in [4.78, 5) is 14.6. The minimum Gasteiger partial charge on any atom is -0.456 e. The van der Waals surface area contributed by atoms with Crippen molar-refractivity contribution in [1.29, 1.82) is 0 Å². The van der Waals surface area contributed by atoms with Crippen LogP contribution in [0.25, 0.3) is 22.3 Å². The monoisotopic (exact) mass is 476 g/mol. The number of carbonyl (C=O) groups is 1. The summed E-state index contributed by atoms with van der Waals surface area (Å²) >= 11 is 6.21. The Labute approximate surface area is 191 Å². The van der Waals surface area contributed by atoms with Crippen molar-refractivity contribution in [3.8, 4) is 11.3 Å². The lowest BCUT2D eigenvalue weighted by atomic mass is 10.1. The van der Waals surface area contributed by atoms with Crippen molar-refractivity contribution in [2.45, 2.75) is 6.92 Å². The standard InChI is InChI=1S/C23H17ClN2O2.BF4/c1-15(27)25-18-8-10-19(11-9-18)26-21-14-23(16-5-3-2-4-6-16)28-22-12-7-17(24)13-20(21)22;2-1(3,4)5/h2-14H,1H3,(H,25,27);/q;-1/p+1. The average molecular weight is 477 g/mol. The number of fused-ring (bicyclic) bond motifs is 1. The number of carbonyl (C=O) groups excluding carboxylic acids is 1. The highest BCUT2D eigenvalue weighted by atomic mass is 35.5. The summed E-state index contributed by atoms with van der Waals surface area (Å²) in [5, 5.41) is 5.17. The van der Waals surface area contributed by atoms with Gasteiger partial charge in [0.2, 0.25) is 17.0 Å². The first kappa shape index (κ1) is 24.1. The molecule has 1 amide bonds. The molecule has 170 valence electrons. The SMILES string of the molecule is CC(=O)Nc1ccc([NH+]=c2cc(-c3ccccc3)oc3ccc(Cl)cc23)cc1.F[B-](F)(F)F. The van der Waals surface area contributed by atoms with Gasteiger partial charge in [-0.3, -0.25) is 4.79 Å². The van der Waals surface area contributed by atoms with Gasteiger partial charge < -0.3 is 27.0 Å². The van der Waals surface area contributed by atoms with Crippen LogP contribution in [0.3, 0.4) is 0 Å². The van der Waals surface area contributed by atoms with Crippen molar-refractivity contribution < 1.29 is 31.5 Å². The zero-order valence-corrected chi connectivity index (χ0v) is 18.0. The number of hydrogen-bond donors (Lipinski definition) is 2. The Kier molecular flexibility index (Phi) is 7.55. The van der Waals surface area contributed by atoms with Crippen LogP contribution in [-0.4, -0.2) is 13.2 Å². The third-order valence-electron chi connectivity index (χ3n) is 4.27. The van der Waals surface area contributed by atoms with Crippen LogP contribution in [0.2, 0.25) is 5.02 Å². The largest absolute Gasteiger partial charge is 0.673 e. The lowest BCUT2D eigenvalue weighted by Gasteiger charge is -2.03. The first-order valence-corrected chi connectivity index (χ1v) is 10.1. The summed E-state index contributed by atoms with van der Waals surface area (Å²) in [7, 11) is -6.00. The molecule has 0 saturated heterocycles. The molecule has 4 nitrogen and oxygen atoms in total. The quantitative estimate of drug-likeness (QED) is 0.310. The summed E-state index contributed by atoms with van der Waals surface area (Å²) in [6.07, 6.45) is 0. The number of hydrogen-bond acceptors (Lipinski definition) is 2. The molecule has 33 heavy (non-hydrogen) atoms. The third kappa shape index (κ3) is 7.50. The summed E-state index contributed by atoms with van der Waals surface area (Å²) in [5.74, 6) is 0.659. The number of halogens is 5. The van der Waals surface area contributed by atoms with E-state index >= 15 is 0 Å². The van der Waals surface area contributed by atoms with Crippen LogP contribution in [0, 0.1) is 0 Å². The van der Waals surface area contributed by atoms with Crippen LogP contribution >= 0.6 is 11.6 Å². The molecule has 0 bridgehead atoms. The van der Waals surface area contributed by atoms with Gasteiger partial charge in [0.25, 0.3) is 0 Å². The molecule has 0 atom stereocenters. The maximum atomic E-state index is 11.2. The molecule has 1 heterocycles. The fourth-order valence-corrected chi connectivity index (χ4v) is 3.17. The highest BCUT2D eigenvalue weighted by Crippen LogP contribution is 2.23. The number of anilines is 1. The van der Waals surface area contributed by atoms with Crippen LogP contribution in [0.1, 0.15) is 6.92 Å². The molecule has 0 fully saturated rings. The van der Waals surface area contributed by atoms with Gasteiger partial charge >= 0.3 is 7.25 Å². The van der Waals surface area contributed by atoms with Gasteiger partial charge in [-0.25, -0.2) is 4.99 Å². The molecule has 1 aromatic heterocycles. The van der Waals surface area contributed by atoms with Gasteiger partial charge in [0.1, 0.15) is 11.3 Å². The molecule has 4 rings (SSSR count). The van der Waals surface area contributed by atoms with E-state index < -0.39 is 7.25 Å². The summed E-state index contributed by atoms with van der Waals surface area (Å²) in [6, 6.07) is 25.0. The van der Waals surface area contributed by atoms with Crippen molar-refractivity contribution in [3.05, 3.63) is 89.2 Å². The van der Waals surface area contributed by atoms with Gasteiger partial charge in [0.15, 0.2) is 0 Å². The second kappa shape index (κ2) is 10.4. The fourth-order valence-electron chi connectivity index (χ4n) is 3.00. The topological polar surface area (TPSA) is 56.2 Å². The minimum atomic E-state index is -6.00. The Morgan fingerprint density at radius 3 is 2.18 bits per heavy atom. The normalized spacial score (nSPS) is 11.6. The maximum Gasteiger partial charge on any atom is 0.673 e. The van der Waals surface area contributed by atoms with E-state index in [0.717, 1.165) is 39.0 Å². The summed E-state index contributed by atoms with van der Waals surface area (Å²) < 4.78 is 45.1. The van der Waals surface area contributed by atoms with E-state index in [2.05, 4.69) is 10.3 Å². The Bertz CT molecular complexity index is 1320. The van der Waals surface area contributed by atoms with E-state index in [9.17, 15) is 22.1 Å². The number of amides is 1. The Morgan fingerprint density at radius 2 is 1.58 bits per heavy atom. The van der Waals surface area contributed by atoms with Crippen LogP contribution in [0.15, 0.2) is 83.3 Å². The lowest BCUT2D eigenvalue weighted by Crippen LogP contribution is -2.70. The average Bonchev–Trinajstić information content (AvgIpc) is 2.74. The lowest BCUT2D eigenvalue weighted by molar-refractivity contribution is -0.400. The first-order valence-electron chi connectivity index (χ1n) is 9.72. The van der Waals surface area contributed by atoms with Gasteiger partial charge in [-0.05, 0) is 30.3 Å². The highest BCUT2D eigenvalue weighted by Gasteiger charge is 2.20. The zero-order valence-electron chi connectivity index (χ0n) is 17.3.